The first-order valence-corrected chi connectivity index (χ1v) is 5.32. The average Bonchev–Trinajstić information content (AvgIpc) is 2.71. The molecule has 0 aromatic carbocycles. The highest BCUT2D eigenvalue weighted by atomic mass is 32.1. The molecule has 0 saturated heterocycles. The van der Waals surface area contributed by atoms with E-state index in [1.807, 2.05) is 24.0 Å². The molecular formula is C10H11N3S. The second kappa shape index (κ2) is 4.30. The average molecular weight is 205 g/mol. The molecule has 0 aliphatic heterocycles. The van der Waals surface area contributed by atoms with E-state index in [-0.39, 0.29) is 0 Å². The molecule has 0 amide bonds. The van der Waals surface area contributed by atoms with Gasteiger partial charge in [-0.2, -0.15) is 0 Å². The van der Waals surface area contributed by atoms with Crippen molar-refractivity contribution in [2.45, 2.75) is 6.42 Å². The number of hydrogen-bond donors (Lipinski definition) is 1. The van der Waals surface area contributed by atoms with Crippen LogP contribution < -0.4 is 5.73 Å². The molecule has 0 aliphatic rings. The van der Waals surface area contributed by atoms with Gasteiger partial charge in [-0.15, -0.1) is 11.3 Å². The highest BCUT2D eigenvalue weighted by molar-refractivity contribution is 7.13. The van der Waals surface area contributed by atoms with Crippen molar-refractivity contribution in [3.05, 3.63) is 35.7 Å². The number of hydrogen-bond acceptors (Lipinski definition) is 4. The van der Waals surface area contributed by atoms with E-state index in [1.165, 1.54) is 10.4 Å². The van der Waals surface area contributed by atoms with E-state index in [2.05, 4.69) is 16.0 Å². The van der Waals surface area contributed by atoms with Crippen molar-refractivity contribution in [3.8, 4) is 10.4 Å². The lowest BCUT2D eigenvalue weighted by molar-refractivity contribution is 0.924. The van der Waals surface area contributed by atoms with Gasteiger partial charge < -0.3 is 5.73 Å². The Bertz CT molecular complexity index is 398. The number of thiazole rings is 1. The summed E-state index contributed by atoms with van der Waals surface area (Å²) < 4.78 is 0. The number of rotatable bonds is 3. The van der Waals surface area contributed by atoms with Crippen molar-refractivity contribution in [1.82, 2.24) is 9.97 Å². The van der Waals surface area contributed by atoms with Gasteiger partial charge in [0.2, 0.25) is 0 Å². The van der Waals surface area contributed by atoms with Gasteiger partial charge in [0.1, 0.15) is 0 Å². The maximum absolute atomic E-state index is 5.48. The second-order valence-electron chi connectivity index (χ2n) is 2.94. The standard InChI is InChI=1S/C10H11N3S/c11-3-1-9-5-8(2-4-13-9)10-6-12-7-14-10/h2,4-7H,1,3,11H2. The maximum atomic E-state index is 5.48. The molecule has 2 aromatic heterocycles. The van der Waals surface area contributed by atoms with E-state index in [4.69, 9.17) is 5.73 Å². The smallest absolute Gasteiger partial charge is 0.0797 e. The SMILES string of the molecule is NCCc1cc(-c2cncs2)ccn1. The molecule has 0 radical (unpaired) electrons. The lowest BCUT2D eigenvalue weighted by atomic mass is 10.2. The molecule has 2 aromatic rings. The van der Waals surface area contributed by atoms with Crippen LogP contribution in [0.25, 0.3) is 10.4 Å². The van der Waals surface area contributed by atoms with E-state index in [1.54, 1.807) is 11.3 Å². The Kier molecular flexibility index (Phi) is 2.86. The molecule has 0 fully saturated rings. The van der Waals surface area contributed by atoms with Gasteiger partial charge in [0.15, 0.2) is 0 Å². The van der Waals surface area contributed by atoms with Crippen LogP contribution in [0.2, 0.25) is 0 Å². The first-order chi connectivity index (χ1) is 6.90. The Morgan fingerprint density at radius 3 is 3.07 bits per heavy atom. The van der Waals surface area contributed by atoms with Crippen molar-refractivity contribution >= 4 is 11.3 Å². The lowest BCUT2D eigenvalue weighted by Gasteiger charge is -2.00. The van der Waals surface area contributed by atoms with Crippen LogP contribution in [-0.4, -0.2) is 16.5 Å². The zero-order valence-electron chi connectivity index (χ0n) is 7.68. The number of nitrogens with two attached hydrogens (primary N) is 1. The van der Waals surface area contributed by atoms with Crippen molar-refractivity contribution in [2.75, 3.05) is 6.54 Å². The molecule has 0 atom stereocenters. The highest BCUT2D eigenvalue weighted by Gasteiger charge is 2.00. The fourth-order valence-electron chi connectivity index (χ4n) is 1.27. The Labute approximate surface area is 86.6 Å². The van der Waals surface area contributed by atoms with Crippen LogP contribution in [0.1, 0.15) is 5.69 Å². The molecule has 4 heteroatoms. The molecule has 0 bridgehead atoms. The van der Waals surface area contributed by atoms with Crippen LogP contribution in [0.3, 0.4) is 0 Å². The summed E-state index contributed by atoms with van der Waals surface area (Å²) in [6.07, 6.45) is 4.51. The summed E-state index contributed by atoms with van der Waals surface area (Å²) in [5.41, 5.74) is 9.52. The van der Waals surface area contributed by atoms with Crippen LogP contribution in [0, 0.1) is 0 Å². The van der Waals surface area contributed by atoms with Gasteiger partial charge in [-0.3, -0.25) is 9.97 Å². The fraction of sp³-hybridized carbons (Fsp3) is 0.200. The van der Waals surface area contributed by atoms with E-state index in [0.717, 1.165) is 12.1 Å². The lowest BCUT2D eigenvalue weighted by Crippen LogP contribution is -2.04. The zero-order valence-corrected chi connectivity index (χ0v) is 8.50. The Hall–Kier alpha value is -1.26. The van der Waals surface area contributed by atoms with Gasteiger partial charge in [-0.25, -0.2) is 0 Å². The van der Waals surface area contributed by atoms with Crippen LogP contribution in [0.4, 0.5) is 0 Å². The predicted octanol–water partition coefficient (Wildman–Crippen LogP) is 1.71. The number of pyridine rings is 1. The molecule has 0 unspecified atom stereocenters. The molecule has 2 N–H and O–H groups in total. The van der Waals surface area contributed by atoms with E-state index < -0.39 is 0 Å². The summed E-state index contributed by atoms with van der Waals surface area (Å²) in [4.78, 5) is 9.46. The molecule has 0 spiro atoms. The van der Waals surface area contributed by atoms with Crippen molar-refractivity contribution < 1.29 is 0 Å². The minimum Gasteiger partial charge on any atom is -0.330 e. The molecule has 2 rings (SSSR count). The molecule has 14 heavy (non-hydrogen) atoms. The molecule has 0 saturated carbocycles. The van der Waals surface area contributed by atoms with E-state index in [0.29, 0.717) is 6.54 Å². The third-order valence-electron chi connectivity index (χ3n) is 1.93. The summed E-state index contributed by atoms with van der Waals surface area (Å²) in [6.45, 7) is 0.638. The summed E-state index contributed by atoms with van der Waals surface area (Å²) >= 11 is 1.63. The third kappa shape index (κ3) is 1.97. The van der Waals surface area contributed by atoms with Crippen LogP contribution in [0.5, 0.6) is 0 Å². The highest BCUT2D eigenvalue weighted by Crippen LogP contribution is 2.22. The Balaban J connectivity index is 2.31. The fourth-order valence-corrected chi connectivity index (χ4v) is 1.89. The van der Waals surface area contributed by atoms with Crippen LogP contribution in [0.15, 0.2) is 30.0 Å². The topological polar surface area (TPSA) is 51.8 Å². The van der Waals surface area contributed by atoms with Gasteiger partial charge in [0.25, 0.3) is 0 Å². The molecule has 0 aliphatic carbocycles. The molecular weight excluding hydrogens is 194 g/mol. The third-order valence-corrected chi connectivity index (χ3v) is 2.76. The minimum atomic E-state index is 0.638. The van der Waals surface area contributed by atoms with Crippen molar-refractivity contribution in [3.63, 3.8) is 0 Å². The van der Waals surface area contributed by atoms with Crippen molar-refractivity contribution in [2.24, 2.45) is 5.73 Å². The summed E-state index contributed by atoms with van der Waals surface area (Å²) in [5.74, 6) is 0. The van der Waals surface area contributed by atoms with Gasteiger partial charge in [-0.05, 0) is 24.2 Å². The van der Waals surface area contributed by atoms with Gasteiger partial charge in [0.05, 0.1) is 10.4 Å². The van der Waals surface area contributed by atoms with E-state index >= 15 is 0 Å². The maximum Gasteiger partial charge on any atom is 0.0797 e. The first-order valence-electron chi connectivity index (χ1n) is 4.44. The van der Waals surface area contributed by atoms with Gasteiger partial charge in [0, 0.05) is 24.5 Å². The van der Waals surface area contributed by atoms with Crippen LogP contribution in [-0.2, 0) is 6.42 Å². The second-order valence-corrected chi connectivity index (χ2v) is 3.83. The summed E-state index contributed by atoms with van der Waals surface area (Å²) in [7, 11) is 0. The molecule has 72 valence electrons. The number of nitrogens with zero attached hydrogens (tertiary/aromatic N) is 2. The monoisotopic (exact) mass is 205 g/mol. The zero-order chi connectivity index (χ0) is 9.80. The van der Waals surface area contributed by atoms with E-state index in [9.17, 15) is 0 Å². The van der Waals surface area contributed by atoms with Gasteiger partial charge in [-0.1, -0.05) is 0 Å². The predicted molar refractivity (Wildman–Crippen MR) is 58.1 cm³/mol. The Morgan fingerprint density at radius 1 is 1.43 bits per heavy atom. The number of aromatic nitrogens is 2. The summed E-state index contributed by atoms with van der Waals surface area (Å²) in [5, 5.41) is 0. The van der Waals surface area contributed by atoms with Crippen molar-refractivity contribution in [1.29, 1.82) is 0 Å². The van der Waals surface area contributed by atoms with Crippen LogP contribution >= 0.6 is 11.3 Å². The minimum absolute atomic E-state index is 0.638. The van der Waals surface area contributed by atoms with Gasteiger partial charge >= 0.3 is 0 Å². The quantitative estimate of drug-likeness (QED) is 0.829. The first kappa shape index (κ1) is 9.30. The summed E-state index contributed by atoms with van der Waals surface area (Å²) in [6, 6.07) is 4.06. The molecule has 3 nitrogen and oxygen atoms in total. The Morgan fingerprint density at radius 2 is 2.36 bits per heavy atom. The largest absolute Gasteiger partial charge is 0.330 e. The molecule has 2 heterocycles. The normalized spacial score (nSPS) is 10.4.